The number of halogens is 2. The molecule has 1 heterocycles. The molecule has 2 aromatic rings. The summed E-state index contributed by atoms with van der Waals surface area (Å²) in [5.74, 6) is -0.297. The maximum Gasteiger partial charge on any atom is 0.258 e. The van der Waals surface area contributed by atoms with Gasteiger partial charge in [0.15, 0.2) is 13.2 Å². The van der Waals surface area contributed by atoms with Crippen LogP contribution in [0.25, 0.3) is 0 Å². The van der Waals surface area contributed by atoms with Gasteiger partial charge in [-0.2, -0.15) is 0 Å². The van der Waals surface area contributed by atoms with Crippen LogP contribution in [0.4, 0.5) is 4.39 Å². The van der Waals surface area contributed by atoms with Crippen molar-refractivity contribution in [3.05, 3.63) is 47.4 Å². The lowest BCUT2D eigenvalue weighted by Gasteiger charge is -2.56. The van der Waals surface area contributed by atoms with E-state index in [9.17, 15) is 19.1 Å². The fraction of sp³-hybridized carbons (Fsp3) is 0.458. The van der Waals surface area contributed by atoms with Crippen LogP contribution in [0.5, 0.6) is 17.4 Å². The minimum Gasteiger partial charge on any atom is -0.495 e. The summed E-state index contributed by atoms with van der Waals surface area (Å²) in [6.45, 7) is -0.532. The van der Waals surface area contributed by atoms with Gasteiger partial charge in [0.05, 0.1) is 30.0 Å². The van der Waals surface area contributed by atoms with Crippen LogP contribution >= 0.6 is 11.6 Å². The molecule has 1 aromatic carbocycles. The highest BCUT2D eigenvalue weighted by molar-refractivity contribution is 6.30. The number of benzene rings is 1. The molecule has 1 aromatic heterocycles. The number of aliphatic hydroxyl groups excluding tert-OH is 1. The van der Waals surface area contributed by atoms with Crippen molar-refractivity contribution in [2.24, 2.45) is 0 Å². The number of fused-ring (bicyclic) bond motifs is 3. The van der Waals surface area contributed by atoms with Crippen molar-refractivity contribution in [1.82, 2.24) is 15.6 Å². The van der Waals surface area contributed by atoms with Gasteiger partial charge >= 0.3 is 0 Å². The van der Waals surface area contributed by atoms with E-state index in [1.807, 2.05) is 0 Å². The van der Waals surface area contributed by atoms with Crippen LogP contribution < -0.4 is 24.8 Å². The molecule has 3 aliphatic rings. The Kier molecular flexibility index (Phi) is 7.32. The first-order valence-corrected chi connectivity index (χ1v) is 11.6. The number of nitrogens with zero attached hydrogens (tertiary/aromatic N) is 1. The molecule has 1 atom stereocenters. The normalized spacial score (nSPS) is 25.0. The van der Waals surface area contributed by atoms with Gasteiger partial charge in [-0.25, -0.2) is 9.37 Å². The van der Waals surface area contributed by atoms with Crippen molar-refractivity contribution < 1.29 is 33.3 Å². The van der Waals surface area contributed by atoms with Crippen molar-refractivity contribution in [1.29, 1.82) is 0 Å². The molecule has 11 heteroatoms. The van der Waals surface area contributed by atoms with Crippen LogP contribution in [-0.4, -0.2) is 59.4 Å². The van der Waals surface area contributed by atoms with Crippen molar-refractivity contribution >= 4 is 23.4 Å². The third kappa shape index (κ3) is 5.76. The molecule has 5 rings (SSSR count). The van der Waals surface area contributed by atoms with Gasteiger partial charge in [-0.05, 0) is 50.3 Å². The number of nitrogens with one attached hydrogen (secondary N) is 2. The maximum absolute atomic E-state index is 13.5. The maximum atomic E-state index is 13.5. The predicted octanol–water partition coefficient (Wildman–Crippen LogP) is 2.39. The molecule has 0 aliphatic heterocycles. The molecule has 3 fully saturated rings. The number of pyridine rings is 1. The number of carbonyl (C=O) groups excluding carboxylic acids is 2. The molecular weight excluding hydrogens is 481 g/mol. The number of aliphatic hydroxyl groups is 1. The van der Waals surface area contributed by atoms with E-state index in [2.05, 4.69) is 15.6 Å². The molecule has 35 heavy (non-hydrogen) atoms. The Morgan fingerprint density at radius 3 is 2.40 bits per heavy atom. The highest BCUT2D eigenvalue weighted by Gasteiger charge is 2.55. The smallest absolute Gasteiger partial charge is 0.258 e. The van der Waals surface area contributed by atoms with Gasteiger partial charge in [0.25, 0.3) is 11.8 Å². The van der Waals surface area contributed by atoms with Gasteiger partial charge in [0.1, 0.15) is 17.3 Å². The van der Waals surface area contributed by atoms with Crippen molar-refractivity contribution in [2.45, 2.75) is 49.3 Å². The summed E-state index contributed by atoms with van der Waals surface area (Å²) in [5.41, 5.74) is -1.35. The number of carbonyl (C=O) groups is 2. The highest BCUT2D eigenvalue weighted by atomic mass is 35.5. The van der Waals surface area contributed by atoms with E-state index >= 15 is 0 Å². The van der Waals surface area contributed by atoms with E-state index in [-0.39, 0.29) is 29.9 Å². The number of hydrogen-bond donors (Lipinski definition) is 3. The topological polar surface area (TPSA) is 119 Å². The second-order valence-corrected chi connectivity index (χ2v) is 9.35. The molecule has 0 radical (unpaired) electrons. The van der Waals surface area contributed by atoms with Crippen LogP contribution in [-0.2, 0) is 9.59 Å². The van der Waals surface area contributed by atoms with Crippen molar-refractivity contribution in [3.8, 4) is 17.4 Å². The Morgan fingerprint density at radius 2 is 1.77 bits per heavy atom. The second-order valence-electron chi connectivity index (χ2n) is 8.94. The Morgan fingerprint density at radius 1 is 1.09 bits per heavy atom. The van der Waals surface area contributed by atoms with Crippen LogP contribution in [0.15, 0.2) is 36.5 Å². The molecule has 0 spiro atoms. The molecule has 3 N–H and O–H groups in total. The molecular formula is C24H27ClFN3O6. The quantitative estimate of drug-likeness (QED) is 0.477. The third-order valence-corrected chi connectivity index (χ3v) is 6.98. The minimum absolute atomic E-state index is 0.0345. The van der Waals surface area contributed by atoms with Gasteiger partial charge < -0.3 is 30.0 Å². The Balaban J connectivity index is 1.26. The predicted molar refractivity (Wildman–Crippen MR) is 124 cm³/mol. The van der Waals surface area contributed by atoms with Crippen LogP contribution in [0, 0.1) is 5.82 Å². The lowest BCUT2D eigenvalue weighted by molar-refractivity contribution is -0.137. The Hall–Kier alpha value is -3.11. The summed E-state index contributed by atoms with van der Waals surface area (Å²) < 4.78 is 29.4. The van der Waals surface area contributed by atoms with Crippen molar-refractivity contribution in [2.75, 3.05) is 20.3 Å². The van der Waals surface area contributed by atoms with E-state index in [0.717, 1.165) is 6.07 Å². The van der Waals surface area contributed by atoms with Gasteiger partial charge in [0, 0.05) is 17.7 Å². The van der Waals surface area contributed by atoms with E-state index in [4.69, 9.17) is 25.8 Å². The average molecular weight is 508 g/mol. The molecule has 0 saturated heterocycles. The summed E-state index contributed by atoms with van der Waals surface area (Å²) in [6, 6.07) is 7.22. The summed E-state index contributed by atoms with van der Waals surface area (Å²) >= 11 is 5.65. The molecule has 3 aliphatic carbocycles. The molecule has 2 bridgehead atoms. The lowest BCUT2D eigenvalue weighted by atomic mass is 9.60. The largest absolute Gasteiger partial charge is 0.495 e. The minimum atomic E-state index is -0.841. The number of ether oxygens (including phenoxy) is 3. The third-order valence-electron chi connectivity index (χ3n) is 6.67. The van der Waals surface area contributed by atoms with E-state index < -0.39 is 28.9 Å². The summed E-state index contributed by atoms with van der Waals surface area (Å²) in [5, 5.41) is 16.7. The fourth-order valence-electron chi connectivity index (χ4n) is 4.74. The standard InChI is InChI=1S/C24H27ClFN3O6/c1-33-16-3-5-22(27-12-16)35-14-20(31)28-23-6-8-24(9-7-23,19(30)11-23)29-21(32)13-34-15-2-4-17(25)18(26)10-15/h2-5,10,12,19,30H,6-9,11,13-14H2,1H3,(H,28,31)(H,29,32)/t19-,23?,24?/m0/s1. The average Bonchev–Trinajstić information content (AvgIpc) is 2.85. The molecule has 0 unspecified atom stereocenters. The Labute approximate surface area is 206 Å². The number of hydrogen-bond acceptors (Lipinski definition) is 7. The van der Waals surface area contributed by atoms with Gasteiger partial charge in [-0.3, -0.25) is 9.59 Å². The van der Waals surface area contributed by atoms with Gasteiger partial charge in [0.2, 0.25) is 5.88 Å². The van der Waals surface area contributed by atoms with Crippen molar-refractivity contribution in [3.63, 3.8) is 0 Å². The van der Waals surface area contributed by atoms with Gasteiger partial charge in [-0.15, -0.1) is 0 Å². The number of methoxy groups -OCH3 is 1. The van der Waals surface area contributed by atoms with E-state index in [1.54, 1.807) is 12.1 Å². The number of amides is 2. The van der Waals surface area contributed by atoms with Gasteiger partial charge in [-0.1, -0.05) is 11.6 Å². The SMILES string of the molecule is COc1ccc(OCC(=O)NC23CCC(NC(=O)COc4ccc(Cl)c(F)c4)(CC2)[C@@H](O)C3)nc1. The monoisotopic (exact) mass is 507 g/mol. The summed E-state index contributed by atoms with van der Waals surface area (Å²) in [7, 11) is 1.53. The first-order valence-electron chi connectivity index (χ1n) is 11.2. The van der Waals surface area contributed by atoms with Crippen LogP contribution in [0.1, 0.15) is 32.1 Å². The van der Waals surface area contributed by atoms with E-state index in [1.165, 1.54) is 25.4 Å². The second kappa shape index (κ2) is 10.2. The van der Waals surface area contributed by atoms with Crippen LogP contribution in [0.3, 0.4) is 0 Å². The highest BCUT2D eigenvalue weighted by Crippen LogP contribution is 2.47. The molecule has 188 valence electrons. The Bertz CT molecular complexity index is 1080. The fourth-order valence-corrected chi connectivity index (χ4v) is 4.85. The zero-order valence-corrected chi connectivity index (χ0v) is 19.9. The number of rotatable bonds is 9. The number of aromatic nitrogens is 1. The molecule has 9 nitrogen and oxygen atoms in total. The zero-order chi connectivity index (χ0) is 25.1. The van der Waals surface area contributed by atoms with E-state index in [0.29, 0.717) is 43.7 Å². The molecule has 3 saturated carbocycles. The first kappa shape index (κ1) is 25.0. The summed E-state index contributed by atoms with van der Waals surface area (Å²) in [6.07, 6.45) is 3.15. The lowest BCUT2D eigenvalue weighted by Crippen LogP contribution is -2.70. The first-order chi connectivity index (χ1) is 16.7. The van der Waals surface area contributed by atoms with Crippen LogP contribution in [0.2, 0.25) is 5.02 Å². The molecule has 2 amide bonds. The summed E-state index contributed by atoms with van der Waals surface area (Å²) in [4.78, 5) is 29.1. The zero-order valence-electron chi connectivity index (χ0n) is 19.2.